The van der Waals surface area contributed by atoms with Crippen molar-refractivity contribution in [3.8, 4) is 5.75 Å². The fraction of sp³-hybridized carbons (Fsp3) is 0.0556. The molecule has 2 aromatic carbocycles. The smallest absolute Gasteiger partial charge is 0.278 e. The molecule has 6 nitrogen and oxygen atoms in total. The van der Waals surface area contributed by atoms with Crippen molar-refractivity contribution in [2.24, 2.45) is 0 Å². The number of rotatable bonds is 5. The maximum absolute atomic E-state index is 13.1. The van der Waals surface area contributed by atoms with E-state index in [1.165, 1.54) is 24.5 Å². The van der Waals surface area contributed by atoms with Gasteiger partial charge in [-0.3, -0.25) is 4.79 Å². The topological polar surface area (TPSA) is 90.1 Å². The molecular weight excluding hydrogens is 323 g/mol. The normalized spacial score (nSPS) is 10.3. The van der Waals surface area contributed by atoms with Crippen LogP contribution in [0.4, 0.5) is 15.9 Å². The first-order chi connectivity index (χ1) is 12.1. The number of carbonyl (C=O) groups is 1. The summed E-state index contributed by atoms with van der Waals surface area (Å²) in [7, 11) is 0. The predicted molar refractivity (Wildman–Crippen MR) is 91.6 cm³/mol. The van der Waals surface area contributed by atoms with Gasteiger partial charge in [-0.1, -0.05) is 18.2 Å². The zero-order valence-corrected chi connectivity index (χ0v) is 13.1. The Morgan fingerprint density at radius 2 is 1.92 bits per heavy atom. The number of nitrogen functional groups attached to an aromatic ring is 1. The van der Waals surface area contributed by atoms with Crippen LogP contribution in [-0.2, 0) is 6.61 Å². The van der Waals surface area contributed by atoms with E-state index in [2.05, 4.69) is 15.3 Å². The van der Waals surface area contributed by atoms with Crippen molar-refractivity contribution in [1.82, 2.24) is 9.97 Å². The third-order valence-electron chi connectivity index (χ3n) is 3.33. The summed E-state index contributed by atoms with van der Waals surface area (Å²) in [4.78, 5) is 20.0. The molecule has 25 heavy (non-hydrogen) atoms. The number of nitrogens with one attached hydrogen (secondary N) is 1. The van der Waals surface area contributed by atoms with Gasteiger partial charge >= 0.3 is 0 Å². The van der Waals surface area contributed by atoms with Crippen LogP contribution in [0.2, 0.25) is 0 Å². The molecule has 1 heterocycles. The molecule has 0 unspecified atom stereocenters. The molecule has 3 aromatic rings. The Kier molecular flexibility index (Phi) is 4.84. The molecule has 3 rings (SSSR count). The van der Waals surface area contributed by atoms with Crippen molar-refractivity contribution in [2.45, 2.75) is 6.61 Å². The number of hydrogen-bond donors (Lipinski definition) is 2. The standard InChI is InChI=1S/C18H15FN4O2/c19-13-4-2-6-15(10-13)25-11-12-3-1-5-14(9-12)23-18(24)16-17(20)22-8-7-21-16/h1-10H,11H2,(H2,20,22)(H,23,24). The number of hydrogen-bond acceptors (Lipinski definition) is 5. The van der Waals surface area contributed by atoms with E-state index in [9.17, 15) is 9.18 Å². The highest BCUT2D eigenvalue weighted by atomic mass is 19.1. The lowest BCUT2D eigenvalue weighted by Gasteiger charge is -2.09. The molecule has 126 valence electrons. The van der Waals surface area contributed by atoms with Gasteiger partial charge in [0, 0.05) is 24.1 Å². The van der Waals surface area contributed by atoms with E-state index in [1.807, 2.05) is 6.07 Å². The molecule has 3 N–H and O–H groups in total. The number of nitrogens with two attached hydrogens (primary N) is 1. The summed E-state index contributed by atoms with van der Waals surface area (Å²) in [5.41, 5.74) is 7.08. The summed E-state index contributed by atoms with van der Waals surface area (Å²) in [5, 5.41) is 2.71. The highest BCUT2D eigenvalue weighted by Crippen LogP contribution is 2.17. The molecule has 0 fully saturated rings. The van der Waals surface area contributed by atoms with Crippen LogP contribution in [0, 0.1) is 5.82 Å². The number of carbonyl (C=O) groups excluding carboxylic acids is 1. The van der Waals surface area contributed by atoms with E-state index < -0.39 is 5.91 Å². The maximum atomic E-state index is 13.1. The first-order valence-electron chi connectivity index (χ1n) is 7.47. The van der Waals surface area contributed by atoms with Gasteiger partial charge in [0.25, 0.3) is 5.91 Å². The molecular formula is C18H15FN4O2. The molecule has 1 amide bonds. The van der Waals surface area contributed by atoms with E-state index in [-0.39, 0.29) is 23.9 Å². The minimum Gasteiger partial charge on any atom is -0.489 e. The average molecular weight is 338 g/mol. The Labute approximate surface area is 143 Å². The van der Waals surface area contributed by atoms with Gasteiger partial charge in [-0.25, -0.2) is 14.4 Å². The van der Waals surface area contributed by atoms with Crippen molar-refractivity contribution in [2.75, 3.05) is 11.1 Å². The molecule has 0 saturated heterocycles. The number of ether oxygens (including phenoxy) is 1. The molecule has 0 spiro atoms. The number of anilines is 2. The summed E-state index contributed by atoms with van der Waals surface area (Å²) in [5.74, 6) is -0.318. The predicted octanol–water partition coefficient (Wildman–Crippen LogP) is 3.03. The van der Waals surface area contributed by atoms with Crippen LogP contribution in [0.15, 0.2) is 60.9 Å². The zero-order chi connectivity index (χ0) is 17.6. The third kappa shape index (κ3) is 4.29. The Morgan fingerprint density at radius 3 is 2.72 bits per heavy atom. The van der Waals surface area contributed by atoms with Gasteiger partial charge in [0.2, 0.25) is 0 Å². The monoisotopic (exact) mass is 338 g/mol. The van der Waals surface area contributed by atoms with Gasteiger partial charge in [0.15, 0.2) is 11.5 Å². The Hall–Kier alpha value is -3.48. The van der Waals surface area contributed by atoms with Crippen LogP contribution in [0.1, 0.15) is 16.1 Å². The van der Waals surface area contributed by atoms with Gasteiger partial charge in [-0.05, 0) is 29.8 Å². The fourth-order valence-corrected chi connectivity index (χ4v) is 2.18. The highest BCUT2D eigenvalue weighted by molar-refractivity contribution is 6.05. The van der Waals surface area contributed by atoms with Gasteiger partial charge in [-0.15, -0.1) is 0 Å². The fourth-order valence-electron chi connectivity index (χ4n) is 2.18. The van der Waals surface area contributed by atoms with Gasteiger partial charge < -0.3 is 15.8 Å². The van der Waals surface area contributed by atoms with Crippen molar-refractivity contribution in [3.05, 3.63) is 78.0 Å². The largest absolute Gasteiger partial charge is 0.489 e. The van der Waals surface area contributed by atoms with Crippen LogP contribution in [-0.4, -0.2) is 15.9 Å². The Balaban J connectivity index is 1.67. The number of amides is 1. The minimum absolute atomic E-state index is 0.0592. The highest BCUT2D eigenvalue weighted by Gasteiger charge is 2.12. The van der Waals surface area contributed by atoms with Crippen LogP contribution in [0.25, 0.3) is 0 Å². The lowest BCUT2D eigenvalue weighted by Crippen LogP contribution is -2.16. The number of halogens is 1. The molecule has 0 aliphatic rings. The van der Waals surface area contributed by atoms with Crippen LogP contribution in [0.5, 0.6) is 5.75 Å². The van der Waals surface area contributed by atoms with Gasteiger partial charge in [0.05, 0.1) is 0 Å². The van der Waals surface area contributed by atoms with Crippen molar-refractivity contribution in [3.63, 3.8) is 0 Å². The zero-order valence-electron chi connectivity index (χ0n) is 13.1. The van der Waals surface area contributed by atoms with Crippen LogP contribution >= 0.6 is 0 Å². The molecule has 0 aliphatic heterocycles. The lowest BCUT2D eigenvalue weighted by atomic mass is 10.2. The van der Waals surface area contributed by atoms with Crippen LogP contribution < -0.4 is 15.8 Å². The first-order valence-corrected chi connectivity index (χ1v) is 7.47. The van der Waals surface area contributed by atoms with Gasteiger partial charge in [-0.2, -0.15) is 0 Å². The Morgan fingerprint density at radius 1 is 1.12 bits per heavy atom. The molecule has 0 aliphatic carbocycles. The van der Waals surface area contributed by atoms with Crippen molar-refractivity contribution < 1.29 is 13.9 Å². The van der Waals surface area contributed by atoms with Crippen LogP contribution in [0.3, 0.4) is 0 Å². The number of aromatic nitrogens is 2. The Bertz CT molecular complexity index is 902. The minimum atomic E-state index is -0.450. The molecule has 0 atom stereocenters. The quantitative estimate of drug-likeness (QED) is 0.746. The van der Waals surface area contributed by atoms with E-state index in [4.69, 9.17) is 10.5 Å². The second-order valence-corrected chi connectivity index (χ2v) is 5.19. The molecule has 7 heteroatoms. The van der Waals surface area contributed by atoms with E-state index in [0.717, 1.165) is 5.56 Å². The number of nitrogens with zero attached hydrogens (tertiary/aromatic N) is 2. The summed E-state index contributed by atoms with van der Waals surface area (Å²) >= 11 is 0. The second-order valence-electron chi connectivity index (χ2n) is 5.19. The SMILES string of the molecule is Nc1nccnc1C(=O)Nc1cccc(COc2cccc(F)c2)c1. The summed E-state index contributed by atoms with van der Waals surface area (Å²) in [6.07, 6.45) is 2.81. The summed E-state index contributed by atoms with van der Waals surface area (Å²) in [6.45, 7) is 0.237. The second kappa shape index (κ2) is 7.39. The van der Waals surface area contributed by atoms with Gasteiger partial charge in [0.1, 0.15) is 18.2 Å². The average Bonchev–Trinajstić information content (AvgIpc) is 2.61. The maximum Gasteiger partial charge on any atom is 0.278 e. The molecule has 1 aromatic heterocycles. The summed E-state index contributed by atoms with van der Waals surface area (Å²) in [6, 6.07) is 13.0. The summed E-state index contributed by atoms with van der Waals surface area (Å²) < 4.78 is 18.7. The first kappa shape index (κ1) is 16.4. The van der Waals surface area contributed by atoms with Crippen molar-refractivity contribution in [1.29, 1.82) is 0 Å². The lowest BCUT2D eigenvalue weighted by molar-refractivity contribution is 0.102. The molecule has 0 radical (unpaired) electrons. The third-order valence-corrected chi connectivity index (χ3v) is 3.33. The van der Waals surface area contributed by atoms with E-state index in [0.29, 0.717) is 11.4 Å². The van der Waals surface area contributed by atoms with Crippen molar-refractivity contribution >= 4 is 17.4 Å². The molecule has 0 saturated carbocycles. The number of benzene rings is 2. The van der Waals surface area contributed by atoms with E-state index in [1.54, 1.807) is 30.3 Å². The molecule has 0 bridgehead atoms. The van der Waals surface area contributed by atoms with E-state index >= 15 is 0 Å².